The second-order valence-electron chi connectivity index (χ2n) is 4.44. The molecule has 0 aliphatic carbocycles. The van der Waals surface area contributed by atoms with Gasteiger partial charge in [0, 0.05) is 32.7 Å². The van der Waals surface area contributed by atoms with Crippen molar-refractivity contribution in [3.63, 3.8) is 0 Å². The van der Waals surface area contributed by atoms with Crippen LogP contribution in [0.4, 0.5) is 0 Å². The third-order valence-electron chi connectivity index (χ3n) is 3.07. The normalized spacial score (nSPS) is 17.9. The Balaban J connectivity index is 1.83. The van der Waals surface area contributed by atoms with E-state index in [0.29, 0.717) is 0 Å². The molecule has 1 aliphatic rings. The molecule has 0 saturated carbocycles. The maximum absolute atomic E-state index is 8.82. The van der Waals surface area contributed by atoms with Crippen molar-refractivity contribution in [2.24, 2.45) is 0 Å². The van der Waals surface area contributed by atoms with Crippen LogP contribution in [0.5, 0.6) is 0 Å². The first-order chi connectivity index (χ1) is 8.28. The van der Waals surface area contributed by atoms with E-state index in [1.807, 2.05) is 24.3 Å². The fourth-order valence-corrected chi connectivity index (χ4v) is 1.92. The fraction of sp³-hybridized carbons (Fsp3) is 0.462. The number of hydrogen-bond donors (Lipinski definition) is 1. The van der Waals surface area contributed by atoms with Gasteiger partial charge in [0.25, 0.3) is 0 Å². The minimum atomic E-state index is 0.725. The van der Waals surface area contributed by atoms with Gasteiger partial charge in [0.15, 0.2) is 0 Å². The molecule has 4 heteroatoms. The lowest BCUT2D eigenvalue weighted by Crippen LogP contribution is -2.50. The maximum Gasteiger partial charge on any atom is 0.0991 e. The van der Waals surface area contributed by atoms with E-state index in [2.05, 4.69) is 28.5 Å². The molecule has 0 atom stereocenters. The molecule has 2 rings (SSSR count). The molecule has 0 bridgehead atoms. The van der Waals surface area contributed by atoms with Gasteiger partial charge in [0.2, 0.25) is 0 Å². The topological polar surface area (TPSA) is 42.3 Å². The van der Waals surface area contributed by atoms with E-state index < -0.39 is 0 Å². The summed E-state index contributed by atoms with van der Waals surface area (Å²) in [7, 11) is 2.15. The fourth-order valence-electron chi connectivity index (χ4n) is 1.92. The average Bonchev–Trinajstić information content (AvgIpc) is 2.38. The number of nitrogens with one attached hydrogen (secondary N) is 1. The van der Waals surface area contributed by atoms with Gasteiger partial charge in [-0.25, -0.2) is 5.01 Å². The number of nitrogens with zero attached hydrogens (tertiary/aromatic N) is 3. The Bertz CT molecular complexity index is 402. The summed E-state index contributed by atoms with van der Waals surface area (Å²) in [6.07, 6.45) is 0. The van der Waals surface area contributed by atoms with E-state index in [9.17, 15) is 0 Å². The number of rotatable bonds is 3. The number of piperazine rings is 1. The molecule has 0 spiro atoms. The predicted molar refractivity (Wildman–Crippen MR) is 67.1 cm³/mol. The van der Waals surface area contributed by atoms with Gasteiger partial charge >= 0.3 is 0 Å². The number of hydrazine groups is 1. The molecule has 0 amide bonds. The predicted octanol–water partition coefficient (Wildman–Crippen LogP) is 0.810. The molecule has 1 aromatic rings. The van der Waals surface area contributed by atoms with E-state index >= 15 is 0 Å². The summed E-state index contributed by atoms with van der Waals surface area (Å²) < 4.78 is 0. The number of nitriles is 1. The van der Waals surface area contributed by atoms with Crippen LogP contribution in [0, 0.1) is 11.3 Å². The Kier molecular flexibility index (Phi) is 4.10. The van der Waals surface area contributed by atoms with Crippen LogP contribution in [0.15, 0.2) is 24.3 Å². The van der Waals surface area contributed by atoms with E-state index in [0.717, 1.165) is 43.9 Å². The summed E-state index contributed by atoms with van der Waals surface area (Å²) in [5.74, 6) is 0. The molecular formula is C13H18N4. The van der Waals surface area contributed by atoms with Gasteiger partial charge in [-0.15, -0.1) is 0 Å². The average molecular weight is 230 g/mol. The maximum atomic E-state index is 8.82. The van der Waals surface area contributed by atoms with Crippen molar-refractivity contribution in [3.05, 3.63) is 35.4 Å². The Labute approximate surface area is 102 Å². The third-order valence-corrected chi connectivity index (χ3v) is 3.07. The van der Waals surface area contributed by atoms with E-state index in [4.69, 9.17) is 5.26 Å². The number of likely N-dealkylation sites (N-methyl/N-ethyl adjacent to an activating group) is 1. The molecule has 1 aliphatic heterocycles. The molecule has 0 aromatic heterocycles. The van der Waals surface area contributed by atoms with Crippen LogP contribution in [0.2, 0.25) is 0 Å². The van der Waals surface area contributed by atoms with Crippen LogP contribution in [0.25, 0.3) is 0 Å². The molecule has 17 heavy (non-hydrogen) atoms. The highest BCUT2D eigenvalue weighted by atomic mass is 15.5. The third kappa shape index (κ3) is 3.53. The highest BCUT2D eigenvalue weighted by Gasteiger charge is 2.12. The van der Waals surface area contributed by atoms with Crippen LogP contribution >= 0.6 is 0 Å². The summed E-state index contributed by atoms with van der Waals surface area (Å²) in [6.45, 7) is 5.10. The van der Waals surface area contributed by atoms with Gasteiger partial charge in [-0.3, -0.25) is 5.43 Å². The Hall–Kier alpha value is -1.41. The first-order valence-electron chi connectivity index (χ1n) is 5.94. The van der Waals surface area contributed by atoms with Crippen LogP contribution in [-0.4, -0.2) is 43.1 Å². The molecule has 1 fully saturated rings. The molecule has 0 unspecified atom stereocenters. The number of benzene rings is 1. The van der Waals surface area contributed by atoms with Gasteiger partial charge < -0.3 is 4.90 Å². The van der Waals surface area contributed by atoms with E-state index in [1.165, 1.54) is 0 Å². The minimum Gasteiger partial charge on any atom is -0.304 e. The van der Waals surface area contributed by atoms with Crippen LogP contribution < -0.4 is 5.43 Å². The highest BCUT2D eigenvalue weighted by Crippen LogP contribution is 2.04. The largest absolute Gasteiger partial charge is 0.304 e. The molecule has 1 heterocycles. The van der Waals surface area contributed by atoms with Crippen molar-refractivity contribution in [2.75, 3.05) is 33.2 Å². The zero-order valence-corrected chi connectivity index (χ0v) is 10.2. The Morgan fingerprint density at radius 3 is 2.76 bits per heavy atom. The van der Waals surface area contributed by atoms with Crippen molar-refractivity contribution in [3.8, 4) is 6.07 Å². The molecule has 1 aromatic carbocycles. The lowest BCUT2D eigenvalue weighted by Gasteiger charge is -2.32. The number of hydrogen-bond acceptors (Lipinski definition) is 4. The SMILES string of the molecule is CN1CCN(NCc2cccc(C#N)c2)CC1. The van der Waals surface area contributed by atoms with Crippen LogP contribution in [0.1, 0.15) is 11.1 Å². The monoisotopic (exact) mass is 230 g/mol. The second-order valence-corrected chi connectivity index (χ2v) is 4.44. The summed E-state index contributed by atoms with van der Waals surface area (Å²) in [4.78, 5) is 2.33. The van der Waals surface area contributed by atoms with Gasteiger partial charge in [-0.2, -0.15) is 5.26 Å². The highest BCUT2D eigenvalue weighted by molar-refractivity contribution is 5.32. The smallest absolute Gasteiger partial charge is 0.0991 e. The summed E-state index contributed by atoms with van der Waals surface area (Å²) in [6, 6.07) is 9.91. The zero-order chi connectivity index (χ0) is 12.1. The van der Waals surface area contributed by atoms with Crippen molar-refractivity contribution in [1.29, 1.82) is 5.26 Å². The summed E-state index contributed by atoms with van der Waals surface area (Å²) in [5.41, 5.74) is 5.29. The minimum absolute atomic E-state index is 0.725. The van der Waals surface area contributed by atoms with Gasteiger partial charge in [-0.1, -0.05) is 12.1 Å². The molecule has 90 valence electrons. The second kappa shape index (κ2) is 5.78. The summed E-state index contributed by atoms with van der Waals surface area (Å²) >= 11 is 0. The lowest BCUT2D eigenvalue weighted by atomic mass is 10.1. The van der Waals surface area contributed by atoms with Crippen molar-refractivity contribution in [2.45, 2.75) is 6.54 Å². The molecule has 0 radical (unpaired) electrons. The van der Waals surface area contributed by atoms with Gasteiger partial charge in [0.05, 0.1) is 11.6 Å². The standard InChI is InChI=1S/C13H18N4/c1-16-5-7-17(8-6-16)15-11-13-4-2-3-12(9-13)10-14/h2-4,9,15H,5-8,11H2,1H3. The first-order valence-corrected chi connectivity index (χ1v) is 5.94. The summed E-state index contributed by atoms with van der Waals surface area (Å²) in [5, 5.41) is 11.1. The Morgan fingerprint density at radius 2 is 2.06 bits per heavy atom. The Morgan fingerprint density at radius 1 is 1.29 bits per heavy atom. The van der Waals surface area contributed by atoms with E-state index in [1.54, 1.807) is 0 Å². The molecule has 4 nitrogen and oxygen atoms in total. The van der Waals surface area contributed by atoms with Crippen molar-refractivity contribution in [1.82, 2.24) is 15.3 Å². The zero-order valence-electron chi connectivity index (χ0n) is 10.2. The quantitative estimate of drug-likeness (QED) is 0.834. The molecule has 1 saturated heterocycles. The molecule has 1 N–H and O–H groups in total. The first kappa shape index (κ1) is 12.1. The molecular weight excluding hydrogens is 212 g/mol. The van der Waals surface area contributed by atoms with Gasteiger partial charge in [0.1, 0.15) is 0 Å². The van der Waals surface area contributed by atoms with Crippen molar-refractivity contribution < 1.29 is 0 Å². The van der Waals surface area contributed by atoms with E-state index in [-0.39, 0.29) is 0 Å². The van der Waals surface area contributed by atoms with Crippen molar-refractivity contribution >= 4 is 0 Å². The van der Waals surface area contributed by atoms with Gasteiger partial charge in [-0.05, 0) is 24.7 Å². The van der Waals surface area contributed by atoms with Crippen LogP contribution in [-0.2, 0) is 6.54 Å². The van der Waals surface area contributed by atoms with Crippen LogP contribution in [0.3, 0.4) is 0 Å². The lowest BCUT2D eigenvalue weighted by molar-refractivity contribution is 0.102.